The summed E-state index contributed by atoms with van der Waals surface area (Å²) in [6, 6.07) is 7.44. The molecular formula is C21H23F3N4OS. The maximum atomic E-state index is 12.9. The van der Waals surface area contributed by atoms with Gasteiger partial charge in [-0.25, -0.2) is 0 Å². The molecule has 1 aliphatic heterocycles. The third-order valence-electron chi connectivity index (χ3n) is 5.50. The molecule has 1 N–H and O–H groups in total. The number of thiophene rings is 1. The molecule has 0 aliphatic carbocycles. The number of nitrogens with zero attached hydrogens (tertiary/aromatic N) is 3. The third kappa shape index (κ3) is 4.37. The van der Waals surface area contributed by atoms with Crippen molar-refractivity contribution in [1.29, 1.82) is 0 Å². The lowest BCUT2D eigenvalue weighted by Gasteiger charge is -2.32. The normalized spacial score (nSPS) is 16.3. The largest absolute Gasteiger partial charge is 0.416 e. The lowest BCUT2D eigenvalue weighted by atomic mass is 10.0. The number of carbonyl (C=O) groups is 1. The van der Waals surface area contributed by atoms with Crippen molar-refractivity contribution >= 4 is 27.5 Å². The Morgan fingerprint density at radius 2 is 2.00 bits per heavy atom. The first kappa shape index (κ1) is 20.9. The molecule has 0 unspecified atom stereocenters. The summed E-state index contributed by atoms with van der Waals surface area (Å²) in [5.41, 5.74) is 0.947. The minimum Gasteiger partial charge on any atom is -0.349 e. The van der Waals surface area contributed by atoms with Gasteiger partial charge in [0.15, 0.2) is 0 Å². The lowest BCUT2D eigenvalue weighted by molar-refractivity contribution is -0.137. The van der Waals surface area contributed by atoms with Gasteiger partial charge >= 0.3 is 6.18 Å². The lowest BCUT2D eigenvalue weighted by Crippen LogP contribution is -2.44. The predicted octanol–water partition coefficient (Wildman–Crippen LogP) is 4.36. The Hall–Kier alpha value is -2.39. The molecular weight excluding hydrogens is 413 g/mol. The van der Waals surface area contributed by atoms with Crippen LogP contribution in [0, 0.1) is 6.92 Å². The van der Waals surface area contributed by atoms with Gasteiger partial charge in [-0.3, -0.25) is 14.4 Å². The van der Waals surface area contributed by atoms with Gasteiger partial charge in [-0.1, -0.05) is 18.2 Å². The average Bonchev–Trinajstić information content (AvgIpc) is 3.25. The zero-order valence-electron chi connectivity index (χ0n) is 16.8. The molecule has 0 spiro atoms. The molecule has 1 aliphatic rings. The number of hydrogen-bond donors (Lipinski definition) is 1. The van der Waals surface area contributed by atoms with E-state index in [1.54, 1.807) is 10.7 Å². The Bertz CT molecular complexity index is 1030. The second-order valence-electron chi connectivity index (χ2n) is 7.76. The van der Waals surface area contributed by atoms with E-state index in [4.69, 9.17) is 0 Å². The summed E-state index contributed by atoms with van der Waals surface area (Å²) in [6.07, 6.45) is -2.78. The fourth-order valence-corrected chi connectivity index (χ4v) is 4.94. The minimum atomic E-state index is -4.32. The van der Waals surface area contributed by atoms with Crippen molar-refractivity contribution in [3.05, 3.63) is 52.0 Å². The van der Waals surface area contributed by atoms with Crippen molar-refractivity contribution in [1.82, 2.24) is 20.0 Å². The predicted molar refractivity (Wildman–Crippen MR) is 111 cm³/mol. The third-order valence-corrected chi connectivity index (χ3v) is 6.70. The monoisotopic (exact) mass is 436 g/mol. The van der Waals surface area contributed by atoms with Gasteiger partial charge in [0.05, 0.1) is 16.1 Å². The highest BCUT2D eigenvalue weighted by molar-refractivity contribution is 7.20. The summed E-state index contributed by atoms with van der Waals surface area (Å²) in [4.78, 5) is 16.4. The molecule has 3 heterocycles. The summed E-state index contributed by atoms with van der Waals surface area (Å²) in [6.45, 7) is 3.87. The van der Waals surface area contributed by atoms with Gasteiger partial charge in [0, 0.05) is 38.1 Å². The Morgan fingerprint density at radius 3 is 2.67 bits per heavy atom. The highest BCUT2D eigenvalue weighted by Gasteiger charge is 2.30. The molecule has 1 fully saturated rings. The molecule has 9 heteroatoms. The first-order valence-electron chi connectivity index (χ1n) is 9.83. The molecule has 1 amide bonds. The van der Waals surface area contributed by atoms with Gasteiger partial charge in [-0.2, -0.15) is 18.3 Å². The maximum Gasteiger partial charge on any atom is 0.416 e. The Balaban J connectivity index is 1.32. The summed E-state index contributed by atoms with van der Waals surface area (Å²) >= 11 is 1.43. The maximum absolute atomic E-state index is 12.9. The van der Waals surface area contributed by atoms with Crippen molar-refractivity contribution in [2.75, 3.05) is 13.1 Å². The average molecular weight is 437 g/mol. The molecule has 160 valence electrons. The van der Waals surface area contributed by atoms with E-state index in [1.165, 1.54) is 23.5 Å². The van der Waals surface area contributed by atoms with Crippen LogP contribution in [0.5, 0.6) is 0 Å². The number of benzene rings is 1. The SMILES string of the molecule is Cc1nn(C)c2sc(C(=O)NC3CCN(Cc4cccc(C(F)(F)F)c4)CC3)cc12. The van der Waals surface area contributed by atoms with E-state index >= 15 is 0 Å². The van der Waals surface area contributed by atoms with Crippen LogP contribution in [0.2, 0.25) is 0 Å². The molecule has 4 rings (SSSR count). The van der Waals surface area contributed by atoms with Crippen molar-refractivity contribution in [2.24, 2.45) is 7.05 Å². The number of piperidine rings is 1. The summed E-state index contributed by atoms with van der Waals surface area (Å²) in [7, 11) is 1.87. The van der Waals surface area contributed by atoms with E-state index < -0.39 is 11.7 Å². The molecule has 30 heavy (non-hydrogen) atoms. The molecule has 0 bridgehead atoms. The summed E-state index contributed by atoms with van der Waals surface area (Å²) in [5.74, 6) is -0.0769. The zero-order valence-corrected chi connectivity index (χ0v) is 17.6. The van der Waals surface area contributed by atoms with Gasteiger partial charge in [-0.05, 0) is 37.5 Å². The fraction of sp³-hybridized carbons (Fsp3) is 0.429. The standard InChI is InChI=1S/C21H23F3N4OS/c1-13-17-11-18(30-20(17)27(2)26-13)19(29)25-16-6-8-28(9-7-16)12-14-4-3-5-15(10-14)21(22,23)24/h3-5,10-11,16H,6-9,12H2,1-2H3,(H,25,29). The van der Waals surface area contributed by atoms with Crippen LogP contribution in [0.25, 0.3) is 10.2 Å². The number of alkyl halides is 3. The Morgan fingerprint density at radius 1 is 1.27 bits per heavy atom. The molecule has 2 aromatic heterocycles. The highest BCUT2D eigenvalue weighted by Crippen LogP contribution is 2.30. The number of carbonyl (C=O) groups excluding carboxylic acids is 1. The fourth-order valence-electron chi connectivity index (χ4n) is 3.91. The van der Waals surface area contributed by atoms with Crippen molar-refractivity contribution in [3.8, 4) is 0 Å². The second kappa shape index (κ2) is 8.03. The van der Waals surface area contributed by atoms with Crippen molar-refractivity contribution in [2.45, 2.75) is 38.5 Å². The van der Waals surface area contributed by atoms with Gasteiger partial charge in [0.2, 0.25) is 0 Å². The number of likely N-dealkylation sites (tertiary alicyclic amines) is 1. The Labute approximate surface area is 176 Å². The number of hydrogen-bond acceptors (Lipinski definition) is 4. The minimum absolute atomic E-state index is 0.0692. The van der Waals surface area contributed by atoms with E-state index in [1.807, 2.05) is 20.0 Å². The Kier molecular flexibility index (Phi) is 5.59. The number of aromatic nitrogens is 2. The van der Waals surface area contributed by atoms with E-state index in [0.717, 1.165) is 47.9 Å². The molecule has 0 radical (unpaired) electrons. The van der Waals surface area contributed by atoms with Crippen LogP contribution in [-0.2, 0) is 19.8 Å². The van der Waals surface area contributed by atoms with Crippen molar-refractivity contribution < 1.29 is 18.0 Å². The van der Waals surface area contributed by atoms with E-state index in [-0.39, 0.29) is 11.9 Å². The smallest absolute Gasteiger partial charge is 0.349 e. The van der Waals surface area contributed by atoms with Crippen LogP contribution in [0.1, 0.15) is 39.3 Å². The van der Waals surface area contributed by atoms with Crippen LogP contribution >= 0.6 is 11.3 Å². The van der Waals surface area contributed by atoms with Crippen LogP contribution in [0.15, 0.2) is 30.3 Å². The van der Waals surface area contributed by atoms with Crippen molar-refractivity contribution in [3.63, 3.8) is 0 Å². The van der Waals surface area contributed by atoms with Crippen LogP contribution < -0.4 is 5.32 Å². The summed E-state index contributed by atoms with van der Waals surface area (Å²) in [5, 5.41) is 8.46. The molecule has 0 atom stereocenters. The first-order valence-corrected chi connectivity index (χ1v) is 10.6. The molecule has 5 nitrogen and oxygen atoms in total. The number of fused-ring (bicyclic) bond motifs is 1. The topological polar surface area (TPSA) is 50.2 Å². The summed E-state index contributed by atoms with van der Waals surface area (Å²) < 4.78 is 40.5. The van der Waals surface area contributed by atoms with E-state index in [0.29, 0.717) is 17.0 Å². The molecule has 1 saturated heterocycles. The van der Waals surface area contributed by atoms with Gasteiger partial charge < -0.3 is 5.32 Å². The molecule has 1 aromatic carbocycles. The second-order valence-corrected chi connectivity index (χ2v) is 8.79. The first-order chi connectivity index (χ1) is 14.2. The van der Waals surface area contributed by atoms with Gasteiger partial charge in [0.1, 0.15) is 4.83 Å². The number of aryl methyl sites for hydroxylation is 2. The highest BCUT2D eigenvalue weighted by atomic mass is 32.1. The number of nitrogens with one attached hydrogen (secondary N) is 1. The molecule has 0 saturated carbocycles. The van der Waals surface area contributed by atoms with Crippen LogP contribution in [0.4, 0.5) is 13.2 Å². The van der Waals surface area contributed by atoms with Gasteiger partial charge in [0.25, 0.3) is 5.91 Å². The number of rotatable bonds is 4. The van der Waals surface area contributed by atoms with Gasteiger partial charge in [-0.15, -0.1) is 11.3 Å². The van der Waals surface area contributed by atoms with E-state index in [2.05, 4.69) is 15.3 Å². The number of amides is 1. The van der Waals surface area contributed by atoms with Crippen LogP contribution in [-0.4, -0.2) is 39.7 Å². The zero-order chi connectivity index (χ0) is 21.5. The molecule has 3 aromatic rings. The number of halogens is 3. The quantitative estimate of drug-likeness (QED) is 0.661. The van der Waals surface area contributed by atoms with Crippen LogP contribution in [0.3, 0.4) is 0 Å². The van der Waals surface area contributed by atoms with E-state index in [9.17, 15) is 18.0 Å².